The van der Waals surface area contributed by atoms with Gasteiger partial charge in [0.1, 0.15) is 0 Å². The molecule has 0 radical (unpaired) electrons. The van der Waals surface area contributed by atoms with Crippen molar-refractivity contribution in [3.63, 3.8) is 0 Å². The zero-order valence-corrected chi connectivity index (χ0v) is 9.15. The van der Waals surface area contributed by atoms with Gasteiger partial charge in [0, 0.05) is 5.54 Å². The van der Waals surface area contributed by atoms with E-state index in [0.29, 0.717) is 17.4 Å². The summed E-state index contributed by atoms with van der Waals surface area (Å²) in [6.07, 6.45) is 5.43. The van der Waals surface area contributed by atoms with E-state index in [1.54, 1.807) is 0 Å². The predicted molar refractivity (Wildman–Crippen MR) is 54.6 cm³/mol. The normalized spacial score (nSPS) is 40.8. The second-order valence-electron chi connectivity index (χ2n) is 5.41. The van der Waals surface area contributed by atoms with Gasteiger partial charge in [-0.3, -0.25) is 0 Å². The molecule has 0 aromatic heterocycles. The molecule has 3 nitrogen and oxygen atoms in total. The van der Waals surface area contributed by atoms with Gasteiger partial charge in [-0.2, -0.15) is 0 Å². The van der Waals surface area contributed by atoms with Gasteiger partial charge < -0.3 is 5.73 Å². The number of nitrogens with two attached hydrogens (primary N) is 1. The Kier molecular flexibility index (Phi) is 1.54. The highest BCUT2D eigenvalue weighted by Crippen LogP contribution is 2.68. The molecule has 1 atom stereocenters. The Hall–Kier alpha value is -0.0900. The standard InChI is InChI=1S/C10H17NO2S/c11-10(4-5-10)9(2-3-9)8-1-6-14(12,13)7-8/h8H,1-7,11H2. The van der Waals surface area contributed by atoms with Crippen molar-refractivity contribution < 1.29 is 8.42 Å². The summed E-state index contributed by atoms with van der Waals surface area (Å²) in [5.41, 5.74) is 6.52. The van der Waals surface area contributed by atoms with Crippen LogP contribution in [-0.4, -0.2) is 25.5 Å². The van der Waals surface area contributed by atoms with E-state index in [9.17, 15) is 8.42 Å². The second kappa shape index (κ2) is 2.35. The molecule has 3 aliphatic rings. The molecule has 14 heavy (non-hydrogen) atoms. The van der Waals surface area contributed by atoms with Gasteiger partial charge in [-0.15, -0.1) is 0 Å². The molecular weight excluding hydrogens is 198 g/mol. The van der Waals surface area contributed by atoms with Crippen LogP contribution in [-0.2, 0) is 9.84 Å². The summed E-state index contributed by atoms with van der Waals surface area (Å²) in [5, 5.41) is 0. The Balaban J connectivity index is 1.84. The molecule has 2 aliphatic carbocycles. The fourth-order valence-corrected chi connectivity index (χ4v) is 5.22. The van der Waals surface area contributed by atoms with Crippen LogP contribution >= 0.6 is 0 Å². The van der Waals surface area contributed by atoms with E-state index in [0.717, 1.165) is 19.3 Å². The van der Waals surface area contributed by atoms with Crippen LogP contribution < -0.4 is 5.73 Å². The average Bonchev–Trinajstić information content (AvgIpc) is 2.96. The molecule has 0 amide bonds. The van der Waals surface area contributed by atoms with E-state index in [1.165, 1.54) is 12.8 Å². The lowest BCUT2D eigenvalue weighted by atomic mass is 9.80. The lowest BCUT2D eigenvalue weighted by Crippen LogP contribution is -2.39. The van der Waals surface area contributed by atoms with Crippen LogP contribution in [0.15, 0.2) is 0 Å². The zero-order valence-electron chi connectivity index (χ0n) is 8.33. The number of hydrogen-bond donors (Lipinski definition) is 1. The summed E-state index contributed by atoms with van der Waals surface area (Å²) in [6, 6.07) is 0. The minimum absolute atomic E-state index is 0.0253. The van der Waals surface area contributed by atoms with E-state index in [4.69, 9.17) is 5.73 Å². The van der Waals surface area contributed by atoms with Crippen molar-refractivity contribution in [2.75, 3.05) is 11.5 Å². The summed E-state index contributed by atoms with van der Waals surface area (Å²) < 4.78 is 22.8. The molecule has 1 unspecified atom stereocenters. The Morgan fingerprint density at radius 2 is 1.79 bits per heavy atom. The van der Waals surface area contributed by atoms with E-state index in [1.807, 2.05) is 0 Å². The summed E-state index contributed by atoms with van der Waals surface area (Å²) >= 11 is 0. The minimum Gasteiger partial charge on any atom is -0.325 e. The van der Waals surface area contributed by atoms with E-state index < -0.39 is 9.84 Å². The van der Waals surface area contributed by atoms with Gasteiger partial charge in [-0.25, -0.2) is 8.42 Å². The third-order valence-corrected chi connectivity index (χ3v) is 6.35. The number of rotatable bonds is 2. The third kappa shape index (κ3) is 1.10. The van der Waals surface area contributed by atoms with Crippen molar-refractivity contribution in [2.45, 2.75) is 37.6 Å². The molecule has 2 N–H and O–H groups in total. The van der Waals surface area contributed by atoms with Crippen LogP contribution in [0.4, 0.5) is 0 Å². The maximum atomic E-state index is 11.4. The summed E-state index contributed by atoms with van der Waals surface area (Å²) in [4.78, 5) is 0. The van der Waals surface area contributed by atoms with Crippen molar-refractivity contribution in [1.82, 2.24) is 0 Å². The van der Waals surface area contributed by atoms with Gasteiger partial charge in [0.15, 0.2) is 9.84 Å². The molecule has 1 aliphatic heterocycles. The highest BCUT2D eigenvalue weighted by molar-refractivity contribution is 7.91. The van der Waals surface area contributed by atoms with Crippen molar-refractivity contribution in [3.8, 4) is 0 Å². The maximum absolute atomic E-state index is 11.4. The Morgan fingerprint density at radius 1 is 1.14 bits per heavy atom. The van der Waals surface area contributed by atoms with Crippen LogP contribution in [0, 0.1) is 11.3 Å². The zero-order chi connectivity index (χ0) is 10.0. The number of hydrogen-bond acceptors (Lipinski definition) is 3. The van der Waals surface area contributed by atoms with Crippen LogP contribution in [0.2, 0.25) is 0 Å². The van der Waals surface area contributed by atoms with Crippen molar-refractivity contribution >= 4 is 9.84 Å². The van der Waals surface area contributed by atoms with Crippen molar-refractivity contribution in [2.24, 2.45) is 17.1 Å². The van der Waals surface area contributed by atoms with Crippen LogP contribution in [0.3, 0.4) is 0 Å². The quantitative estimate of drug-likeness (QED) is 0.737. The largest absolute Gasteiger partial charge is 0.325 e. The first-order valence-electron chi connectivity index (χ1n) is 5.47. The van der Waals surface area contributed by atoms with E-state index in [-0.39, 0.29) is 11.0 Å². The molecular formula is C10H17NO2S. The van der Waals surface area contributed by atoms with Gasteiger partial charge in [0.05, 0.1) is 11.5 Å². The van der Waals surface area contributed by atoms with Gasteiger partial charge in [0.25, 0.3) is 0 Å². The molecule has 4 heteroatoms. The summed E-state index contributed by atoms with van der Waals surface area (Å²) in [7, 11) is -2.73. The Morgan fingerprint density at radius 3 is 2.14 bits per heavy atom. The Labute approximate surface area is 85.0 Å². The predicted octanol–water partition coefficient (Wildman–Crippen LogP) is 0.693. The molecule has 0 aromatic carbocycles. The Bertz CT molecular complexity index is 366. The van der Waals surface area contributed by atoms with E-state index >= 15 is 0 Å². The van der Waals surface area contributed by atoms with Gasteiger partial charge in [0.2, 0.25) is 0 Å². The third-order valence-electron chi connectivity index (χ3n) is 4.58. The highest BCUT2D eigenvalue weighted by atomic mass is 32.2. The second-order valence-corrected chi connectivity index (χ2v) is 7.64. The molecule has 1 saturated heterocycles. The molecule has 1 heterocycles. The first-order chi connectivity index (χ1) is 6.48. The van der Waals surface area contributed by atoms with Crippen molar-refractivity contribution in [1.29, 1.82) is 0 Å². The molecule has 0 aromatic rings. The number of sulfone groups is 1. The smallest absolute Gasteiger partial charge is 0.150 e. The minimum atomic E-state index is -2.73. The van der Waals surface area contributed by atoms with Crippen molar-refractivity contribution in [3.05, 3.63) is 0 Å². The molecule has 80 valence electrons. The average molecular weight is 215 g/mol. The SMILES string of the molecule is NC1(C2(C3CCS(=O)(=O)C3)CC2)CC1. The lowest BCUT2D eigenvalue weighted by Gasteiger charge is -2.28. The first kappa shape index (κ1) is 9.16. The van der Waals surface area contributed by atoms with Crippen LogP contribution in [0.1, 0.15) is 32.1 Å². The van der Waals surface area contributed by atoms with Gasteiger partial charge in [-0.1, -0.05) is 0 Å². The molecule has 0 bridgehead atoms. The van der Waals surface area contributed by atoms with Gasteiger partial charge in [-0.05, 0) is 43.4 Å². The first-order valence-corrected chi connectivity index (χ1v) is 7.29. The highest BCUT2D eigenvalue weighted by Gasteiger charge is 2.67. The molecule has 0 spiro atoms. The maximum Gasteiger partial charge on any atom is 0.150 e. The van der Waals surface area contributed by atoms with Crippen LogP contribution in [0.5, 0.6) is 0 Å². The summed E-state index contributed by atoms with van der Waals surface area (Å²) in [5.74, 6) is 1.18. The molecule has 3 rings (SSSR count). The fraction of sp³-hybridized carbons (Fsp3) is 1.00. The van der Waals surface area contributed by atoms with Gasteiger partial charge >= 0.3 is 0 Å². The summed E-state index contributed by atoms with van der Waals surface area (Å²) in [6.45, 7) is 0. The lowest BCUT2D eigenvalue weighted by molar-refractivity contribution is 0.261. The topological polar surface area (TPSA) is 60.2 Å². The molecule has 2 saturated carbocycles. The van der Waals surface area contributed by atoms with Crippen LogP contribution in [0.25, 0.3) is 0 Å². The van der Waals surface area contributed by atoms with E-state index in [2.05, 4.69) is 0 Å². The fourth-order valence-electron chi connectivity index (χ4n) is 3.31. The molecule has 3 fully saturated rings. The monoisotopic (exact) mass is 215 g/mol.